The van der Waals surface area contributed by atoms with Gasteiger partial charge < -0.3 is 5.32 Å². The molecule has 4 atom stereocenters. The number of rotatable bonds is 4. The predicted molar refractivity (Wildman–Crippen MR) is 83.1 cm³/mol. The third-order valence-electron chi connectivity index (χ3n) is 4.75. The maximum atomic E-state index is 13.1. The van der Waals surface area contributed by atoms with E-state index in [9.17, 15) is 4.39 Å². The van der Waals surface area contributed by atoms with E-state index in [1.807, 2.05) is 12.1 Å². The SMILES string of the molecule is CC1CCC(C)C(NC(c2ccc(F)cc2)C(C)C)C1. The highest BCUT2D eigenvalue weighted by molar-refractivity contribution is 5.20. The van der Waals surface area contributed by atoms with Gasteiger partial charge in [-0.3, -0.25) is 0 Å². The van der Waals surface area contributed by atoms with E-state index in [-0.39, 0.29) is 5.82 Å². The summed E-state index contributed by atoms with van der Waals surface area (Å²) < 4.78 is 13.1. The highest BCUT2D eigenvalue weighted by atomic mass is 19.1. The number of halogens is 1. The van der Waals surface area contributed by atoms with E-state index in [1.165, 1.54) is 24.8 Å². The Bertz CT molecular complexity index is 412. The van der Waals surface area contributed by atoms with Crippen molar-refractivity contribution in [2.45, 2.75) is 59.0 Å². The van der Waals surface area contributed by atoms with E-state index < -0.39 is 0 Å². The molecule has 20 heavy (non-hydrogen) atoms. The molecule has 0 spiro atoms. The average Bonchev–Trinajstić information content (AvgIpc) is 2.40. The zero-order valence-electron chi connectivity index (χ0n) is 13.2. The molecular formula is C18H28FN. The lowest BCUT2D eigenvalue weighted by atomic mass is 9.79. The minimum Gasteiger partial charge on any atom is -0.307 e. The highest BCUT2D eigenvalue weighted by Crippen LogP contribution is 2.32. The topological polar surface area (TPSA) is 12.0 Å². The van der Waals surface area contributed by atoms with Crippen LogP contribution in [-0.4, -0.2) is 6.04 Å². The largest absolute Gasteiger partial charge is 0.307 e. The Balaban J connectivity index is 2.11. The maximum Gasteiger partial charge on any atom is 0.123 e. The van der Waals surface area contributed by atoms with Gasteiger partial charge in [0.1, 0.15) is 5.82 Å². The van der Waals surface area contributed by atoms with Crippen LogP contribution in [0.2, 0.25) is 0 Å². The molecule has 0 saturated heterocycles. The summed E-state index contributed by atoms with van der Waals surface area (Å²) in [6.07, 6.45) is 3.92. The van der Waals surface area contributed by atoms with Crippen LogP contribution in [0.15, 0.2) is 24.3 Å². The second-order valence-electron chi connectivity index (χ2n) is 6.94. The van der Waals surface area contributed by atoms with E-state index in [0.717, 1.165) is 11.8 Å². The fraction of sp³-hybridized carbons (Fsp3) is 0.667. The first-order valence-corrected chi connectivity index (χ1v) is 7.99. The van der Waals surface area contributed by atoms with E-state index >= 15 is 0 Å². The van der Waals surface area contributed by atoms with Gasteiger partial charge in [0.25, 0.3) is 0 Å². The number of nitrogens with one attached hydrogen (secondary N) is 1. The second-order valence-corrected chi connectivity index (χ2v) is 6.94. The number of hydrogen-bond donors (Lipinski definition) is 1. The maximum absolute atomic E-state index is 13.1. The van der Waals surface area contributed by atoms with Crippen LogP contribution in [0.25, 0.3) is 0 Å². The average molecular weight is 277 g/mol. The molecular weight excluding hydrogens is 249 g/mol. The summed E-state index contributed by atoms with van der Waals surface area (Å²) in [4.78, 5) is 0. The highest BCUT2D eigenvalue weighted by Gasteiger charge is 2.28. The summed E-state index contributed by atoms with van der Waals surface area (Å²) in [7, 11) is 0. The molecule has 1 nitrogen and oxygen atoms in total. The summed E-state index contributed by atoms with van der Waals surface area (Å²) in [6.45, 7) is 9.17. The molecule has 1 fully saturated rings. The second kappa shape index (κ2) is 6.71. The van der Waals surface area contributed by atoms with Gasteiger partial charge in [-0.25, -0.2) is 4.39 Å². The van der Waals surface area contributed by atoms with Crippen molar-refractivity contribution in [3.63, 3.8) is 0 Å². The molecule has 2 rings (SSSR count). The van der Waals surface area contributed by atoms with Gasteiger partial charge >= 0.3 is 0 Å². The van der Waals surface area contributed by atoms with E-state index in [1.54, 1.807) is 12.1 Å². The molecule has 0 bridgehead atoms. The fourth-order valence-corrected chi connectivity index (χ4v) is 3.34. The molecule has 0 aliphatic heterocycles. The van der Waals surface area contributed by atoms with Gasteiger partial charge in [0.15, 0.2) is 0 Å². The minimum absolute atomic E-state index is 0.157. The standard InChI is InChI=1S/C18H28FN/c1-12(2)18(15-7-9-16(19)10-8-15)20-17-11-13(3)5-6-14(17)4/h7-10,12-14,17-18,20H,5-6,11H2,1-4H3. The summed E-state index contributed by atoms with van der Waals surface area (Å²) >= 11 is 0. The van der Waals surface area contributed by atoms with Gasteiger partial charge in [-0.15, -0.1) is 0 Å². The first-order chi connectivity index (χ1) is 9.47. The summed E-state index contributed by atoms with van der Waals surface area (Å²) in [5, 5.41) is 3.85. The first-order valence-electron chi connectivity index (χ1n) is 7.99. The lowest BCUT2D eigenvalue weighted by Crippen LogP contribution is -2.42. The van der Waals surface area contributed by atoms with Crippen molar-refractivity contribution in [1.82, 2.24) is 5.32 Å². The van der Waals surface area contributed by atoms with Crippen LogP contribution < -0.4 is 5.32 Å². The molecule has 0 amide bonds. The summed E-state index contributed by atoms with van der Waals surface area (Å²) in [5.74, 6) is 1.89. The molecule has 0 heterocycles. The van der Waals surface area contributed by atoms with Crippen molar-refractivity contribution in [3.05, 3.63) is 35.6 Å². The molecule has 1 aliphatic rings. The van der Waals surface area contributed by atoms with Crippen LogP contribution in [-0.2, 0) is 0 Å². The Kier molecular flexibility index (Phi) is 5.20. The Morgan fingerprint density at radius 3 is 2.35 bits per heavy atom. The quantitative estimate of drug-likeness (QED) is 0.822. The van der Waals surface area contributed by atoms with Crippen molar-refractivity contribution in [2.75, 3.05) is 0 Å². The third-order valence-corrected chi connectivity index (χ3v) is 4.75. The van der Waals surface area contributed by atoms with E-state index in [2.05, 4.69) is 33.0 Å². The lowest BCUT2D eigenvalue weighted by molar-refractivity contribution is 0.199. The van der Waals surface area contributed by atoms with Crippen LogP contribution in [0.1, 0.15) is 58.6 Å². The van der Waals surface area contributed by atoms with Crippen LogP contribution >= 0.6 is 0 Å². The monoisotopic (exact) mass is 277 g/mol. The van der Waals surface area contributed by atoms with Gasteiger partial charge in [-0.05, 0) is 48.3 Å². The van der Waals surface area contributed by atoms with Gasteiger partial charge in [0, 0.05) is 12.1 Å². The van der Waals surface area contributed by atoms with Crippen molar-refractivity contribution >= 4 is 0 Å². The minimum atomic E-state index is -0.157. The van der Waals surface area contributed by atoms with E-state index in [4.69, 9.17) is 0 Å². The normalized spacial score (nSPS) is 28.6. The molecule has 1 aromatic carbocycles. The fourth-order valence-electron chi connectivity index (χ4n) is 3.34. The predicted octanol–water partition coefficient (Wildman–Crippen LogP) is 4.94. The van der Waals surface area contributed by atoms with Gasteiger partial charge in [0.2, 0.25) is 0 Å². The summed E-state index contributed by atoms with van der Waals surface area (Å²) in [5.41, 5.74) is 1.20. The Hall–Kier alpha value is -0.890. The molecule has 1 N–H and O–H groups in total. The molecule has 1 aliphatic carbocycles. The first kappa shape index (κ1) is 15.5. The Morgan fingerprint density at radius 2 is 1.75 bits per heavy atom. The third kappa shape index (κ3) is 3.82. The molecule has 0 radical (unpaired) electrons. The molecule has 1 aromatic rings. The summed E-state index contributed by atoms with van der Waals surface area (Å²) in [6, 6.07) is 7.87. The molecule has 0 aromatic heterocycles. The van der Waals surface area contributed by atoms with Crippen LogP contribution in [0.5, 0.6) is 0 Å². The zero-order valence-corrected chi connectivity index (χ0v) is 13.2. The molecule has 4 unspecified atom stereocenters. The number of benzene rings is 1. The van der Waals surface area contributed by atoms with Gasteiger partial charge in [-0.1, -0.05) is 46.2 Å². The van der Waals surface area contributed by atoms with Gasteiger partial charge in [0.05, 0.1) is 0 Å². The Morgan fingerprint density at radius 1 is 1.10 bits per heavy atom. The molecule has 112 valence electrons. The lowest BCUT2D eigenvalue weighted by Gasteiger charge is -2.37. The number of hydrogen-bond acceptors (Lipinski definition) is 1. The smallest absolute Gasteiger partial charge is 0.123 e. The van der Waals surface area contributed by atoms with Gasteiger partial charge in [-0.2, -0.15) is 0 Å². The van der Waals surface area contributed by atoms with Crippen LogP contribution in [0.3, 0.4) is 0 Å². The van der Waals surface area contributed by atoms with E-state index in [0.29, 0.717) is 18.0 Å². The van der Waals surface area contributed by atoms with Crippen molar-refractivity contribution in [2.24, 2.45) is 17.8 Å². The zero-order chi connectivity index (χ0) is 14.7. The van der Waals surface area contributed by atoms with Crippen molar-refractivity contribution in [1.29, 1.82) is 0 Å². The molecule has 2 heteroatoms. The molecule has 1 saturated carbocycles. The van der Waals surface area contributed by atoms with Crippen molar-refractivity contribution in [3.8, 4) is 0 Å². The van der Waals surface area contributed by atoms with Crippen molar-refractivity contribution < 1.29 is 4.39 Å². The Labute approximate surface area is 123 Å². The van der Waals surface area contributed by atoms with Crippen LogP contribution in [0.4, 0.5) is 4.39 Å². The van der Waals surface area contributed by atoms with Crippen LogP contribution in [0, 0.1) is 23.6 Å².